The molecule has 7 heteroatoms. The molecule has 1 aromatic carbocycles. The summed E-state index contributed by atoms with van der Waals surface area (Å²) in [7, 11) is 0. The zero-order valence-corrected chi connectivity index (χ0v) is 14.4. The molecule has 0 spiro atoms. The van der Waals surface area contributed by atoms with Gasteiger partial charge in [-0.2, -0.15) is 0 Å². The van der Waals surface area contributed by atoms with Gasteiger partial charge in [0.25, 0.3) is 5.69 Å². The van der Waals surface area contributed by atoms with Crippen molar-refractivity contribution in [3.63, 3.8) is 0 Å². The number of nitro groups is 1. The van der Waals surface area contributed by atoms with Crippen LogP contribution in [-0.2, 0) is 11.2 Å². The van der Waals surface area contributed by atoms with Crippen molar-refractivity contribution >= 4 is 28.6 Å². The molecule has 23 heavy (non-hydrogen) atoms. The number of nitrogens with zero attached hydrogens (tertiary/aromatic N) is 2. The molecule has 0 fully saturated rings. The van der Waals surface area contributed by atoms with Crippen LogP contribution in [0.2, 0.25) is 0 Å². The number of aryl methyl sites for hydroxylation is 1. The fourth-order valence-electron chi connectivity index (χ4n) is 2.24. The molecule has 0 saturated carbocycles. The molecule has 1 aromatic heterocycles. The van der Waals surface area contributed by atoms with Crippen molar-refractivity contribution in [1.82, 2.24) is 4.98 Å². The Kier molecular flexibility index (Phi) is 5.10. The van der Waals surface area contributed by atoms with E-state index in [9.17, 15) is 14.9 Å². The van der Waals surface area contributed by atoms with Gasteiger partial charge in [-0.05, 0) is 19.4 Å². The number of hydrogen-bond donors (Lipinski definition) is 1. The smallest absolute Gasteiger partial charge is 0.274 e. The van der Waals surface area contributed by atoms with Crippen LogP contribution in [0.3, 0.4) is 0 Å². The van der Waals surface area contributed by atoms with Crippen molar-refractivity contribution in [3.05, 3.63) is 49.5 Å². The second-order valence-electron chi connectivity index (χ2n) is 5.72. The highest BCUT2D eigenvalue weighted by molar-refractivity contribution is 7.09. The van der Waals surface area contributed by atoms with E-state index in [1.807, 2.05) is 12.3 Å². The van der Waals surface area contributed by atoms with E-state index in [1.165, 1.54) is 17.4 Å². The van der Waals surface area contributed by atoms with Crippen molar-refractivity contribution in [2.75, 3.05) is 5.32 Å². The molecule has 0 atom stereocenters. The first-order chi connectivity index (χ1) is 10.8. The van der Waals surface area contributed by atoms with Crippen LogP contribution in [-0.4, -0.2) is 15.8 Å². The summed E-state index contributed by atoms with van der Waals surface area (Å²) in [4.78, 5) is 27.2. The van der Waals surface area contributed by atoms with Crippen LogP contribution in [0.4, 0.5) is 11.4 Å². The Morgan fingerprint density at radius 2 is 2.09 bits per heavy atom. The van der Waals surface area contributed by atoms with Crippen LogP contribution in [0.5, 0.6) is 0 Å². The summed E-state index contributed by atoms with van der Waals surface area (Å²) in [6.45, 7) is 7.56. The average Bonchev–Trinajstić information content (AvgIpc) is 2.91. The second-order valence-corrected chi connectivity index (χ2v) is 6.61. The van der Waals surface area contributed by atoms with Crippen LogP contribution in [0.25, 0.3) is 0 Å². The van der Waals surface area contributed by atoms with Gasteiger partial charge in [0.2, 0.25) is 5.91 Å². The van der Waals surface area contributed by atoms with Crippen molar-refractivity contribution in [1.29, 1.82) is 0 Å². The Bertz CT molecular complexity index is 753. The van der Waals surface area contributed by atoms with Crippen molar-refractivity contribution < 1.29 is 9.72 Å². The Hall–Kier alpha value is -2.28. The summed E-state index contributed by atoms with van der Waals surface area (Å²) in [6.07, 6.45) is 0.158. The number of rotatable bonds is 5. The number of anilines is 1. The normalized spacial score (nSPS) is 10.8. The van der Waals surface area contributed by atoms with E-state index in [1.54, 1.807) is 13.0 Å². The summed E-state index contributed by atoms with van der Waals surface area (Å²) in [6, 6.07) is 3.09. The zero-order valence-electron chi connectivity index (χ0n) is 13.5. The molecule has 1 amide bonds. The molecule has 0 bridgehead atoms. The molecular weight excluding hydrogens is 314 g/mol. The summed E-state index contributed by atoms with van der Waals surface area (Å²) < 4.78 is 0. The van der Waals surface area contributed by atoms with Gasteiger partial charge in [-0.3, -0.25) is 14.9 Å². The Balaban J connectivity index is 2.16. The van der Waals surface area contributed by atoms with Gasteiger partial charge in [-0.15, -0.1) is 11.3 Å². The van der Waals surface area contributed by atoms with E-state index in [0.717, 1.165) is 16.3 Å². The lowest BCUT2D eigenvalue weighted by atomic mass is 10.1. The maximum absolute atomic E-state index is 12.2. The average molecular weight is 333 g/mol. The standard InChI is InChI=1S/C16H19N3O3S/c1-9(2)16-17-12(8-23-16)7-14(20)18-15-10(3)5-6-13(11(15)4)19(21)22/h5-6,8-9H,7H2,1-4H3,(H,18,20). The molecule has 2 aromatic rings. The van der Waals surface area contributed by atoms with E-state index in [-0.39, 0.29) is 18.0 Å². The number of nitrogens with one attached hydrogen (secondary N) is 1. The van der Waals surface area contributed by atoms with Gasteiger partial charge < -0.3 is 5.32 Å². The monoisotopic (exact) mass is 333 g/mol. The molecule has 0 saturated heterocycles. The second kappa shape index (κ2) is 6.87. The Morgan fingerprint density at radius 1 is 1.39 bits per heavy atom. The Morgan fingerprint density at radius 3 is 2.65 bits per heavy atom. The predicted octanol–water partition coefficient (Wildman–Crippen LogP) is 3.97. The number of carbonyl (C=O) groups is 1. The van der Waals surface area contributed by atoms with E-state index >= 15 is 0 Å². The molecule has 0 radical (unpaired) electrons. The molecule has 1 N–H and O–H groups in total. The molecule has 0 unspecified atom stereocenters. The number of benzene rings is 1. The third kappa shape index (κ3) is 3.92. The first-order valence-corrected chi connectivity index (χ1v) is 8.16. The fourth-order valence-corrected chi connectivity index (χ4v) is 3.08. The molecule has 0 aliphatic heterocycles. The third-order valence-electron chi connectivity index (χ3n) is 3.51. The number of aromatic nitrogens is 1. The lowest BCUT2D eigenvalue weighted by Crippen LogP contribution is -2.16. The third-order valence-corrected chi connectivity index (χ3v) is 4.71. The van der Waals surface area contributed by atoms with Crippen molar-refractivity contribution in [2.45, 2.75) is 40.0 Å². The minimum Gasteiger partial charge on any atom is -0.325 e. The first kappa shape index (κ1) is 17.1. The number of nitro benzene ring substituents is 1. The van der Waals surface area contributed by atoms with Gasteiger partial charge >= 0.3 is 0 Å². The topological polar surface area (TPSA) is 85.1 Å². The maximum Gasteiger partial charge on any atom is 0.274 e. The molecule has 6 nitrogen and oxygen atoms in total. The number of carbonyl (C=O) groups excluding carboxylic acids is 1. The van der Waals surface area contributed by atoms with Crippen molar-refractivity contribution in [3.8, 4) is 0 Å². The Labute approximate surface area is 138 Å². The maximum atomic E-state index is 12.2. The van der Waals surface area contributed by atoms with Crippen molar-refractivity contribution in [2.24, 2.45) is 0 Å². The summed E-state index contributed by atoms with van der Waals surface area (Å²) in [5.41, 5.74) is 2.48. The highest BCUT2D eigenvalue weighted by Gasteiger charge is 2.18. The highest BCUT2D eigenvalue weighted by atomic mass is 32.1. The van der Waals surface area contributed by atoms with E-state index in [2.05, 4.69) is 24.1 Å². The van der Waals surface area contributed by atoms with E-state index in [0.29, 0.717) is 17.2 Å². The first-order valence-electron chi connectivity index (χ1n) is 7.28. The molecule has 2 rings (SSSR count). The minimum absolute atomic E-state index is 0.00153. The quantitative estimate of drug-likeness (QED) is 0.662. The van der Waals surface area contributed by atoms with Gasteiger partial charge in [0.1, 0.15) is 0 Å². The fraction of sp³-hybridized carbons (Fsp3) is 0.375. The number of hydrogen-bond acceptors (Lipinski definition) is 5. The SMILES string of the molecule is Cc1ccc([N+](=O)[O-])c(C)c1NC(=O)Cc1csc(C(C)C)n1. The molecule has 0 aliphatic rings. The largest absolute Gasteiger partial charge is 0.325 e. The predicted molar refractivity (Wildman–Crippen MR) is 91.1 cm³/mol. The zero-order chi connectivity index (χ0) is 17.1. The molecule has 0 aliphatic carbocycles. The molecule has 1 heterocycles. The van der Waals surface area contributed by atoms with Crippen LogP contribution < -0.4 is 5.32 Å². The van der Waals surface area contributed by atoms with Crippen LogP contribution >= 0.6 is 11.3 Å². The van der Waals surface area contributed by atoms with E-state index in [4.69, 9.17) is 0 Å². The van der Waals surface area contributed by atoms with Crippen LogP contribution in [0.1, 0.15) is 41.6 Å². The van der Waals surface area contributed by atoms with Gasteiger partial charge in [0.05, 0.1) is 33.3 Å². The van der Waals surface area contributed by atoms with Gasteiger partial charge in [0.15, 0.2) is 0 Å². The van der Waals surface area contributed by atoms with Crippen LogP contribution in [0.15, 0.2) is 17.5 Å². The highest BCUT2D eigenvalue weighted by Crippen LogP contribution is 2.29. The summed E-state index contributed by atoms with van der Waals surface area (Å²) in [5, 5.41) is 16.7. The van der Waals surface area contributed by atoms with Gasteiger partial charge in [-0.1, -0.05) is 19.9 Å². The minimum atomic E-state index is -0.445. The van der Waals surface area contributed by atoms with Gasteiger partial charge in [0, 0.05) is 17.4 Å². The molecule has 122 valence electrons. The number of thiazole rings is 1. The van der Waals surface area contributed by atoms with E-state index < -0.39 is 4.92 Å². The lowest BCUT2D eigenvalue weighted by Gasteiger charge is -2.11. The number of amides is 1. The lowest BCUT2D eigenvalue weighted by molar-refractivity contribution is -0.385. The summed E-state index contributed by atoms with van der Waals surface area (Å²) >= 11 is 1.54. The summed E-state index contributed by atoms with van der Waals surface area (Å²) in [5.74, 6) is 0.107. The molecular formula is C16H19N3O3S. The van der Waals surface area contributed by atoms with Crippen LogP contribution in [0, 0.1) is 24.0 Å². The van der Waals surface area contributed by atoms with Gasteiger partial charge in [-0.25, -0.2) is 4.98 Å².